The summed E-state index contributed by atoms with van der Waals surface area (Å²) in [6, 6.07) is 0. The van der Waals surface area contributed by atoms with Gasteiger partial charge in [-0.25, -0.2) is 0 Å². The van der Waals surface area contributed by atoms with Crippen LogP contribution in [0.3, 0.4) is 0 Å². The molecule has 14 heavy (non-hydrogen) atoms. The molecule has 0 rings (SSSR count). The predicted molar refractivity (Wildman–Crippen MR) is 44.9 cm³/mol. The van der Waals surface area contributed by atoms with Crippen molar-refractivity contribution in [2.75, 3.05) is 13.7 Å². The number of carbonyl (C=O) groups is 3. The van der Waals surface area contributed by atoms with Gasteiger partial charge in [-0.05, 0) is 6.42 Å². The normalized spacial score (nSPS) is 12.1. The van der Waals surface area contributed by atoms with Crippen LogP contribution in [0.5, 0.6) is 0 Å². The van der Waals surface area contributed by atoms with Crippen LogP contribution < -0.4 is 0 Å². The molecule has 0 aromatic heterocycles. The summed E-state index contributed by atoms with van der Waals surface area (Å²) in [6.45, 7) is -0.309. The number of rotatable bonds is 7. The third kappa shape index (κ3) is 4.56. The number of ether oxygens (including phenoxy) is 1. The zero-order valence-corrected chi connectivity index (χ0v) is 7.73. The topological polar surface area (TPSA) is 101 Å². The Morgan fingerprint density at radius 2 is 1.86 bits per heavy atom. The average molecular weight is 204 g/mol. The van der Waals surface area contributed by atoms with Crippen molar-refractivity contribution >= 4 is 17.7 Å². The molecule has 0 aliphatic carbocycles. The average Bonchev–Trinajstić information content (AvgIpc) is 2.03. The zero-order valence-electron chi connectivity index (χ0n) is 7.73. The summed E-state index contributed by atoms with van der Waals surface area (Å²) in [5.74, 6) is -4.33. The quantitative estimate of drug-likeness (QED) is 0.555. The molecular formula is C8H12O6. The Hall–Kier alpha value is -1.43. The molecule has 0 aliphatic rings. The van der Waals surface area contributed by atoms with E-state index in [0.29, 0.717) is 0 Å². The number of hydrogen-bond donors (Lipinski definition) is 2. The van der Waals surface area contributed by atoms with Gasteiger partial charge in [-0.3, -0.25) is 14.4 Å². The minimum Gasteiger partial charge on any atom is -0.481 e. The van der Waals surface area contributed by atoms with Crippen molar-refractivity contribution in [1.82, 2.24) is 0 Å². The smallest absolute Gasteiger partial charge is 0.314 e. The molecule has 6 nitrogen and oxygen atoms in total. The van der Waals surface area contributed by atoms with Crippen LogP contribution in [0.25, 0.3) is 0 Å². The number of methoxy groups -OCH3 is 1. The molecule has 0 heterocycles. The van der Waals surface area contributed by atoms with Crippen molar-refractivity contribution in [3.63, 3.8) is 0 Å². The second-order valence-electron chi connectivity index (χ2n) is 2.72. The lowest BCUT2D eigenvalue weighted by Crippen LogP contribution is -2.27. The Bertz CT molecular complexity index is 234. The molecule has 0 saturated heterocycles. The van der Waals surface area contributed by atoms with Gasteiger partial charge in [0.2, 0.25) is 0 Å². The van der Waals surface area contributed by atoms with Crippen LogP contribution in [0, 0.1) is 5.92 Å². The highest BCUT2D eigenvalue weighted by molar-refractivity contribution is 5.99. The molecule has 80 valence electrons. The van der Waals surface area contributed by atoms with Crippen LogP contribution in [0.4, 0.5) is 0 Å². The molecule has 0 aromatic rings. The molecule has 0 saturated carbocycles. The minimum absolute atomic E-state index is 0.202. The second-order valence-corrected chi connectivity index (χ2v) is 2.72. The summed E-state index contributed by atoms with van der Waals surface area (Å²) in [7, 11) is 1.27. The van der Waals surface area contributed by atoms with Gasteiger partial charge in [0.05, 0.1) is 0 Å². The van der Waals surface area contributed by atoms with Gasteiger partial charge in [0.25, 0.3) is 0 Å². The fraction of sp³-hybridized carbons (Fsp3) is 0.625. The van der Waals surface area contributed by atoms with Gasteiger partial charge in [0, 0.05) is 13.5 Å². The molecule has 6 heteroatoms. The van der Waals surface area contributed by atoms with Crippen molar-refractivity contribution in [3.8, 4) is 0 Å². The molecule has 0 spiro atoms. The first kappa shape index (κ1) is 12.6. The summed E-state index contributed by atoms with van der Waals surface area (Å²) in [4.78, 5) is 31.8. The number of hydrogen-bond acceptors (Lipinski definition) is 4. The molecular weight excluding hydrogens is 192 g/mol. The molecule has 1 atom stereocenters. The lowest BCUT2D eigenvalue weighted by Gasteiger charge is -2.08. The Morgan fingerprint density at radius 1 is 1.29 bits per heavy atom. The van der Waals surface area contributed by atoms with E-state index in [-0.39, 0.29) is 19.4 Å². The third-order valence-corrected chi connectivity index (χ3v) is 1.62. The van der Waals surface area contributed by atoms with Gasteiger partial charge in [-0.15, -0.1) is 0 Å². The Morgan fingerprint density at radius 3 is 2.21 bits per heavy atom. The van der Waals surface area contributed by atoms with E-state index in [1.54, 1.807) is 0 Å². The fourth-order valence-electron chi connectivity index (χ4n) is 0.933. The molecule has 0 aromatic carbocycles. The highest BCUT2D eigenvalue weighted by Crippen LogP contribution is 2.08. The Labute approximate surface area is 80.5 Å². The van der Waals surface area contributed by atoms with E-state index >= 15 is 0 Å². The SMILES string of the molecule is COCC(=O)C(CCC(=O)O)C(=O)O. The zero-order chi connectivity index (χ0) is 11.1. The molecule has 0 amide bonds. The van der Waals surface area contributed by atoms with Crippen LogP contribution in [0.15, 0.2) is 0 Å². The maximum absolute atomic E-state index is 11.1. The van der Waals surface area contributed by atoms with E-state index < -0.39 is 23.6 Å². The second kappa shape index (κ2) is 6.09. The van der Waals surface area contributed by atoms with Crippen LogP contribution in [-0.2, 0) is 19.1 Å². The van der Waals surface area contributed by atoms with Crippen LogP contribution in [-0.4, -0.2) is 41.7 Å². The van der Waals surface area contributed by atoms with Crippen molar-refractivity contribution < 1.29 is 29.3 Å². The van der Waals surface area contributed by atoms with Gasteiger partial charge >= 0.3 is 11.9 Å². The first-order valence-corrected chi connectivity index (χ1v) is 3.95. The van der Waals surface area contributed by atoms with Gasteiger partial charge in [0.15, 0.2) is 5.78 Å². The summed E-state index contributed by atoms with van der Waals surface area (Å²) >= 11 is 0. The van der Waals surface area contributed by atoms with E-state index in [2.05, 4.69) is 4.74 Å². The molecule has 0 bridgehead atoms. The van der Waals surface area contributed by atoms with E-state index in [1.165, 1.54) is 7.11 Å². The fourth-order valence-corrected chi connectivity index (χ4v) is 0.933. The highest BCUT2D eigenvalue weighted by Gasteiger charge is 2.26. The number of carbonyl (C=O) groups excluding carboxylic acids is 1. The largest absolute Gasteiger partial charge is 0.481 e. The Kier molecular flexibility index (Phi) is 5.47. The van der Waals surface area contributed by atoms with Crippen LogP contribution >= 0.6 is 0 Å². The molecule has 1 unspecified atom stereocenters. The van der Waals surface area contributed by atoms with E-state index in [1.807, 2.05) is 0 Å². The van der Waals surface area contributed by atoms with Crippen molar-refractivity contribution in [1.29, 1.82) is 0 Å². The van der Waals surface area contributed by atoms with Gasteiger partial charge < -0.3 is 14.9 Å². The first-order valence-electron chi connectivity index (χ1n) is 3.95. The maximum Gasteiger partial charge on any atom is 0.314 e. The molecule has 2 N–H and O–H groups in total. The lowest BCUT2D eigenvalue weighted by atomic mass is 9.99. The van der Waals surface area contributed by atoms with Gasteiger partial charge in [0.1, 0.15) is 12.5 Å². The number of ketones is 1. The highest BCUT2D eigenvalue weighted by atomic mass is 16.5. The standard InChI is InChI=1S/C8H12O6/c1-14-4-6(9)5(8(12)13)2-3-7(10)11/h5H,2-4H2,1H3,(H,10,11)(H,12,13). The van der Waals surface area contributed by atoms with Gasteiger partial charge in [-0.2, -0.15) is 0 Å². The molecule has 0 radical (unpaired) electrons. The van der Waals surface area contributed by atoms with Crippen LogP contribution in [0.2, 0.25) is 0 Å². The van der Waals surface area contributed by atoms with E-state index in [0.717, 1.165) is 0 Å². The van der Waals surface area contributed by atoms with Crippen molar-refractivity contribution in [2.24, 2.45) is 5.92 Å². The predicted octanol–water partition coefficient (Wildman–Crippen LogP) is -0.232. The van der Waals surface area contributed by atoms with Crippen molar-refractivity contribution in [3.05, 3.63) is 0 Å². The van der Waals surface area contributed by atoms with E-state index in [4.69, 9.17) is 10.2 Å². The number of carboxylic acid groups (broad SMARTS) is 2. The number of Topliss-reactive ketones (excluding diaryl/α,β-unsaturated/α-hetero) is 1. The third-order valence-electron chi connectivity index (χ3n) is 1.62. The Balaban J connectivity index is 4.22. The lowest BCUT2D eigenvalue weighted by molar-refractivity contribution is -0.148. The summed E-state index contributed by atoms with van der Waals surface area (Å²) in [5, 5.41) is 16.9. The maximum atomic E-state index is 11.1. The number of carboxylic acids is 2. The summed E-state index contributed by atoms with van der Waals surface area (Å²) < 4.78 is 4.48. The van der Waals surface area contributed by atoms with Crippen LogP contribution in [0.1, 0.15) is 12.8 Å². The first-order chi connectivity index (χ1) is 6.49. The van der Waals surface area contributed by atoms with Crippen molar-refractivity contribution in [2.45, 2.75) is 12.8 Å². The summed E-state index contributed by atoms with van der Waals surface area (Å²) in [5.41, 5.74) is 0. The van der Waals surface area contributed by atoms with E-state index in [9.17, 15) is 14.4 Å². The molecule has 0 aliphatic heterocycles. The van der Waals surface area contributed by atoms with Gasteiger partial charge in [-0.1, -0.05) is 0 Å². The minimum atomic E-state index is -1.31. The number of aliphatic carboxylic acids is 2. The molecule has 0 fully saturated rings. The summed E-state index contributed by atoms with van der Waals surface area (Å²) in [6.07, 6.45) is -0.542. The monoisotopic (exact) mass is 204 g/mol.